The molecule has 0 bridgehead atoms. The van der Waals surface area contributed by atoms with Crippen LogP contribution in [-0.2, 0) is 13.0 Å². The third-order valence-electron chi connectivity index (χ3n) is 1.81. The summed E-state index contributed by atoms with van der Waals surface area (Å²) in [5.74, 6) is 1.47. The molecule has 1 rings (SSSR count). The number of aromatic nitrogens is 2. The highest BCUT2D eigenvalue weighted by atomic mass is 16.5. The lowest BCUT2D eigenvalue weighted by Gasteiger charge is -1.97. The summed E-state index contributed by atoms with van der Waals surface area (Å²) in [7, 11) is 0. The molecule has 0 unspecified atom stereocenters. The summed E-state index contributed by atoms with van der Waals surface area (Å²) in [6.45, 7) is 5.88. The van der Waals surface area contributed by atoms with E-state index in [4.69, 9.17) is 4.52 Å². The van der Waals surface area contributed by atoms with Gasteiger partial charge >= 0.3 is 0 Å². The fourth-order valence-corrected chi connectivity index (χ4v) is 1.00. The minimum Gasteiger partial charge on any atom is -0.338 e. The fraction of sp³-hybridized carbons (Fsp3) is 0.778. The van der Waals surface area contributed by atoms with Gasteiger partial charge < -0.3 is 9.84 Å². The molecule has 13 heavy (non-hydrogen) atoms. The zero-order chi connectivity index (χ0) is 9.52. The van der Waals surface area contributed by atoms with E-state index in [1.165, 1.54) is 12.8 Å². The number of hydrogen-bond donors (Lipinski definition) is 1. The fourth-order valence-electron chi connectivity index (χ4n) is 1.00. The summed E-state index contributed by atoms with van der Waals surface area (Å²) in [4.78, 5) is 4.19. The summed E-state index contributed by atoms with van der Waals surface area (Å²) >= 11 is 0. The lowest BCUT2D eigenvalue weighted by Crippen LogP contribution is -2.14. The molecule has 74 valence electrons. The minimum atomic E-state index is 0.688. The van der Waals surface area contributed by atoms with E-state index in [0.29, 0.717) is 12.4 Å². The summed E-state index contributed by atoms with van der Waals surface area (Å²) < 4.78 is 5.01. The molecule has 0 radical (unpaired) electrons. The smallest absolute Gasteiger partial charge is 0.240 e. The monoisotopic (exact) mass is 183 g/mol. The van der Waals surface area contributed by atoms with Crippen LogP contribution >= 0.6 is 0 Å². The van der Waals surface area contributed by atoms with E-state index >= 15 is 0 Å². The van der Waals surface area contributed by atoms with E-state index in [-0.39, 0.29) is 0 Å². The van der Waals surface area contributed by atoms with E-state index in [9.17, 15) is 0 Å². The quantitative estimate of drug-likeness (QED) is 0.679. The zero-order valence-corrected chi connectivity index (χ0v) is 8.34. The molecule has 0 aromatic carbocycles. The Labute approximate surface area is 78.7 Å². The van der Waals surface area contributed by atoms with Crippen molar-refractivity contribution in [1.29, 1.82) is 0 Å². The first-order valence-electron chi connectivity index (χ1n) is 4.89. The van der Waals surface area contributed by atoms with Crippen LogP contribution in [0, 0.1) is 0 Å². The van der Waals surface area contributed by atoms with Crippen molar-refractivity contribution in [1.82, 2.24) is 15.5 Å². The molecule has 1 heterocycles. The molecule has 1 aromatic heterocycles. The van der Waals surface area contributed by atoms with Crippen LogP contribution in [-0.4, -0.2) is 16.7 Å². The van der Waals surface area contributed by atoms with Crippen LogP contribution in [0.1, 0.15) is 38.4 Å². The summed E-state index contributed by atoms with van der Waals surface area (Å²) in [5, 5.41) is 7.05. The Morgan fingerprint density at radius 1 is 1.38 bits per heavy atom. The van der Waals surface area contributed by atoms with Gasteiger partial charge in [0.25, 0.3) is 0 Å². The van der Waals surface area contributed by atoms with Crippen LogP contribution < -0.4 is 5.32 Å². The maximum absolute atomic E-state index is 5.01. The number of nitrogens with zero attached hydrogens (tertiary/aromatic N) is 2. The van der Waals surface area contributed by atoms with Crippen LogP contribution in [0.2, 0.25) is 0 Å². The van der Waals surface area contributed by atoms with E-state index in [0.717, 1.165) is 18.8 Å². The number of rotatable bonds is 6. The van der Waals surface area contributed by atoms with Gasteiger partial charge in [-0.25, -0.2) is 0 Å². The van der Waals surface area contributed by atoms with Gasteiger partial charge in [-0.1, -0.05) is 25.4 Å². The average molecular weight is 183 g/mol. The molecule has 0 aliphatic rings. The van der Waals surface area contributed by atoms with E-state index in [1.807, 2.05) is 6.92 Å². The lowest BCUT2D eigenvalue weighted by atomic mass is 10.3. The molecule has 0 saturated heterocycles. The van der Waals surface area contributed by atoms with Crippen molar-refractivity contribution in [3.8, 4) is 0 Å². The van der Waals surface area contributed by atoms with Crippen LogP contribution in [0.4, 0.5) is 0 Å². The van der Waals surface area contributed by atoms with Gasteiger partial charge in [-0.15, -0.1) is 0 Å². The second-order valence-corrected chi connectivity index (χ2v) is 2.99. The summed E-state index contributed by atoms with van der Waals surface area (Å²) in [5.41, 5.74) is 0. The van der Waals surface area contributed by atoms with E-state index in [2.05, 4.69) is 22.4 Å². The molecular weight excluding hydrogens is 166 g/mol. The SMILES string of the molecule is CCCCNCc1nc(CC)no1. The maximum Gasteiger partial charge on any atom is 0.240 e. The van der Waals surface area contributed by atoms with Gasteiger partial charge in [0.1, 0.15) is 0 Å². The molecule has 0 amide bonds. The van der Waals surface area contributed by atoms with Gasteiger partial charge in [0, 0.05) is 6.42 Å². The number of nitrogens with one attached hydrogen (secondary N) is 1. The largest absolute Gasteiger partial charge is 0.338 e. The van der Waals surface area contributed by atoms with Crippen LogP contribution in [0.5, 0.6) is 0 Å². The molecule has 0 atom stereocenters. The predicted octanol–water partition coefficient (Wildman–Crippen LogP) is 1.52. The van der Waals surface area contributed by atoms with Gasteiger partial charge in [-0.3, -0.25) is 0 Å². The number of hydrogen-bond acceptors (Lipinski definition) is 4. The molecule has 0 aliphatic heterocycles. The summed E-state index contributed by atoms with van der Waals surface area (Å²) in [6, 6.07) is 0. The van der Waals surface area contributed by atoms with Crippen molar-refractivity contribution >= 4 is 0 Å². The Balaban J connectivity index is 2.20. The Bertz CT molecular complexity index is 235. The minimum absolute atomic E-state index is 0.688. The second-order valence-electron chi connectivity index (χ2n) is 2.99. The molecule has 0 saturated carbocycles. The van der Waals surface area contributed by atoms with Gasteiger partial charge in [0.05, 0.1) is 6.54 Å². The van der Waals surface area contributed by atoms with Crippen molar-refractivity contribution in [3.05, 3.63) is 11.7 Å². The van der Waals surface area contributed by atoms with Gasteiger partial charge in [-0.2, -0.15) is 4.98 Å². The average Bonchev–Trinajstić information content (AvgIpc) is 2.60. The number of aryl methyl sites for hydroxylation is 1. The molecule has 1 aromatic rings. The van der Waals surface area contributed by atoms with Crippen molar-refractivity contribution in [2.75, 3.05) is 6.54 Å². The normalized spacial score (nSPS) is 10.6. The Hall–Kier alpha value is -0.900. The Morgan fingerprint density at radius 3 is 2.85 bits per heavy atom. The Morgan fingerprint density at radius 2 is 2.23 bits per heavy atom. The molecule has 1 N–H and O–H groups in total. The third kappa shape index (κ3) is 3.55. The molecule has 0 fully saturated rings. The molecule has 4 heteroatoms. The topological polar surface area (TPSA) is 51.0 Å². The first-order chi connectivity index (χ1) is 6.36. The highest BCUT2D eigenvalue weighted by molar-refractivity contribution is 4.84. The Kier molecular flexibility index (Phi) is 4.46. The highest BCUT2D eigenvalue weighted by Gasteiger charge is 2.02. The first-order valence-corrected chi connectivity index (χ1v) is 4.89. The summed E-state index contributed by atoms with van der Waals surface area (Å²) in [6.07, 6.45) is 3.23. The predicted molar refractivity (Wildman–Crippen MR) is 50.3 cm³/mol. The van der Waals surface area contributed by atoms with E-state index in [1.54, 1.807) is 0 Å². The van der Waals surface area contributed by atoms with Crippen molar-refractivity contribution in [2.45, 2.75) is 39.7 Å². The zero-order valence-electron chi connectivity index (χ0n) is 8.34. The molecular formula is C9H17N3O. The first kappa shape index (κ1) is 10.2. The van der Waals surface area contributed by atoms with Gasteiger partial charge in [-0.05, 0) is 13.0 Å². The van der Waals surface area contributed by atoms with Crippen molar-refractivity contribution in [3.63, 3.8) is 0 Å². The van der Waals surface area contributed by atoms with Crippen molar-refractivity contribution < 1.29 is 4.52 Å². The molecule has 0 aliphatic carbocycles. The highest BCUT2D eigenvalue weighted by Crippen LogP contribution is 1.97. The lowest BCUT2D eigenvalue weighted by molar-refractivity contribution is 0.363. The van der Waals surface area contributed by atoms with E-state index < -0.39 is 0 Å². The van der Waals surface area contributed by atoms with Crippen LogP contribution in [0.15, 0.2) is 4.52 Å². The molecule has 0 spiro atoms. The second kappa shape index (κ2) is 5.70. The third-order valence-corrected chi connectivity index (χ3v) is 1.81. The maximum atomic E-state index is 5.01. The van der Waals surface area contributed by atoms with Gasteiger partial charge in [0.15, 0.2) is 5.82 Å². The molecule has 4 nitrogen and oxygen atoms in total. The number of unbranched alkanes of at least 4 members (excludes halogenated alkanes) is 1. The van der Waals surface area contributed by atoms with Crippen LogP contribution in [0.3, 0.4) is 0 Å². The van der Waals surface area contributed by atoms with Crippen molar-refractivity contribution in [2.24, 2.45) is 0 Å². The van der Waals surface area contributed by atoms with Crippen LogP contribution in [0.25, 0.3) is 0 Å². The standard InChI is InChI=1S/C9H17N3O/c1-3-5-6-10-7-9-11-8(4-2)12-13-9/h10H,3-7H2,1-2H3. The van der Waals surface area contributed by atoms with Gasteiger partial charge in [0.2, 0.25) is 5.89 Å².